The highest BCUT2D eigenvalue weighted by Gasteiger charge is 2.25. The fraction of sp³-hybridized carbons (Fsp3) is 0.684. The monoisotopic (exact) mass is 289 g/mol. The number of nitrogens with two attached hydrogens (primary N) is 1. The lowest BCUT2D eigenvalue weighted by Crippen LogP contribution is -2.35. The van der Waals surface area contributed by atoms with Gasteiger partial charge in [-0.2, -0.15) is 0 Å². The summed E-state index contributed by atoms with van der Waals surface area (Å²) in [4.78, 5) is 0. The molecule has 0 heterocycles. The highest BCUT2D eigenvalue weighted by molar-refractivity contribution is 5.33. The lowest BCUT2D eigenvalue weighted by molar-refractivity contribution is 0.230. The zero-order chi connectivity index (χ0) is 15.1. The number of ether oxygens (including phenoxy) is 1. The van der Waals surface area contributed by atoms with Crippen LogP contribution in [-0.2, 0) is 6.42 Å². The zero-order valence-corrected chi connectivity index (χ0v) is 13.7. The minimum Gasteiger partial charge on any atom is -0.496 e. The van der Waals surface area contributed by atoms with Crippen molar-refractivity contribution in [2.75, 3.05) is 7.11 Å². The van der Waals surface area contributed by atoms with Crippen LogP contribution in [0.15, 0.2) is 24.3 Å². The van der Waals surface area contributed by atoms with E-state index in [4.69, 9.17) is 10.5 Å². The Morgan fingerprint density at radius 1 is 1.19 bits per heavy atom. The average molecular weight is 289 g/mol. The maximum absolute atomic E-state index is 6.49. The van der Waals surface area contributed by atoms with Crippen molar-refractivity contribution in [2.45, 2.75) is 64.3 Å². The van der Waals surface area contributed by atoms with Crippen LogP contribution in [0, 0.1) is 11.8 Å². The van der Waals surface area contributed by atoms with E-state index in [1.54, 1.807) is 7.11 Å². The Kier molecular flexibility index (Phi) is 6.56. The number of hydrogen-bond acceptors (Lipinski definition) is 2. The van der Waals surface area contributed by atoms with Crippen LogP contribution < -0.4 is 10.5 Å². The van der Waals surface area contributed by atoms with Gasteiger partial charge in [-0.25, -0.2) is 0 Å². The van der Waals surface area contributed by atoms with Crippen molar-refractivity contribution in [3.05, 3.63) is 29.8 Å². The number of benzene rings is 1. The van der Waals surface area contributed by atoms with Gasteiger partial charge in [0.05, 0.1) is 7.11 Å². The Hall–Kier alpha value is -1.02. The molecule has 0 amide bonds. The summed E-state index contributed by atoms with van der Waals surface area (Å²) in [5.41, 5.74) is 7.74. The van der Waals surface area contributed by atoms with Crippen molar-refractivity contribution in [2.24, 2.45) is 17.6 Å². The molecule has 1 aromatic rings. The first-order valence-corrected chi connectivity index (χ1v) is 8.62. The standard InChI is InChI=1S/C19H31NO/c1-3-4-7-15-10-12-16(13-11-15)18(20)14-17-8-5-6-9-19(17)21-2/h5-6,8-9,15-16,18H,3-4,7,10-14,20H2,1-2H3. The van der Waals surface area contributed by atoms with Crippen molar-refractivity contribution in [1.29, 1.82) is 0 Å². The molecule has 0 spiro atoms. The second kappa shape index (κ2) is 8.43. The van der Waals surface area contributed by atoms with Gasteiger partial charge in [0.25, 0.3) is 0 Å². The van der Waals surface area contributed by atoms with Crippen LogP contribution in [0.2, 0.25) is 0 Å². The molecule has 0 bridgehead atoms. The van der Waals surface area contributed by atoms with Crippen LogP contribution in [0.25, 0.3) is 0 Å². The number of hydrogen-bond donors (Lipinski definition) is 1. The molecule has 2 heteroatoms. The van der Waals surface area contributed by atoms with E-state index in [0.29, 0.717) is 5.92 Å². The largest absolute Gasteiger partial charge is 0.496 e. The first-order valence-electron chi connectivity index (χ1n) is 8.62. The molecular weight excluding hydrogens is 258 g/mol. The van der Waals surface area contributed by atoms with Gasteiger partial charge >= 0.3 is 0 Å². The van der Waals surface area contributed by atoms with E-state index in [1.165, 1.54) is 50.5 Å². The van der Waals surface area contributed by atoms with Gasteiger partial charge in [0.1, 0.15) is 5.75 Å². The Labute approximate surface area is 130 Å². The summed E-state index contributed by atoms with van der Waals surface area (Å²) in [6, 6.07) is 8.54. The van der Waals surface area contributed by atoms with Gasteiger partial charge in [-0.3, -0.25) is 0 Å². The lowest BCUT2D eigenvalue weighted by atomic mass is 9.76. The average Bonchev–Trinajstić information content (AvgIpc) is 2.54. The Balaban J connectivity index is 1.83. The third kappa shape index (κ3) is 4.74. The summed E-state index contributed by atoms with van der Waals surface area (Å²) >= 11 is 0. The van der Waals surface area contributed by atoms with Crippen LogP contribution in [0.5, 0.6) is 5.75 Å². The van der Waals surface area contributed by atoms with Gasteiger partial charge in [0.2, 0.25) is 0 Å². The summed E-state index contributed by atoms with van der Waals surface area (Å²) in [6.45, 7) is 2.29. The van der Waals surface area contributed by atoms with Crippen molar-refractivity contribution >= 4 is 0 Å². The summed E-state index contributed by atoms with van der Waals surface area (Å²) < 4.78 is 5.44. The van der Waals surface area contributed by atoms with Gasteiger partial charge < -0.3 is 10.5 Å². The molecule has 1 unspecified atom stereocenters. The first-order chi connectivity index (χ1) is 10.2. The van der Waals surface area contributed by atoms with Gasteiger partial charge in [0.15, 0.2) is 0 Å². The molecule has 1 aromatic carbocycles. The molecule has 2 rings (SSSR count). The van der Waals surface area contributed by atoms with Crippen LogP contribution in [0.3, 0.4) is 0 Å². The maximum Gasteiger partial charge on any atom is 0.122 e. The third-order valence-corrected chi connectivity index (χ3v) is 5.11. The molecule has 0 aliphatic heterocycles. The van der Waals surface area contributed by atoms with E-state index in [0.717, 1.165) is 18.1 Å². The molecule has 21 heavy (non-hydrogen) atoms. The molecule has 1 aliphatic carbocycles. The quantitative estimate of drug-likeness (QED) is 0.798. The number of rotatable bonds is 7. The third-order valence-electron chi connectivity index (χ3n) is 5.11. The smallest absolute Gasteiger partial charge is 0.122 e. The van der Waals surface area contributed by atoms with E-state index in [9.17, 15) is 0 Å². The van der Waals surface area contributed by atoms with Crippen LogP contribution in [0.1, 0.15) is 57.4 Å². The first kappa shape index (κ1) is 16.4. The van der Waals surface area contributed by atoms with Crippen molar-refractivity contribution in [1.82, 2.24) is 0 Å². The maximum atomic E-state index is 6.49. The molecular formula is C19H31NO. The Morgan fingerprint density at radius 3 is 2.57 bits per heavy atom. The topological polar surface area (TPSA) is 35.2 Å². The molecule has 0 saturated heterocycles. The molecule has 1 fully saturated rings. The summed E-state index contributed by atoms with van der Waals surface area (Å²) in [5, 5.41) is 0. The van der Waals surface area contributed by atoms with Crippen molar-refractivity contribution in [3.8, 4) is 5.75 Å². The van der Waals surface area contributed by atoms with Gasteiger partial charge in [-0.1, -0.05) is 57.2 Å². The molecule has 2 nitrogen and oxygen atoms in total. The molecule has 1 saturated carbocycles. The van der Waals surface area contributed by atoms with Gasteiger partial charge in [-0.05, 0) is 42.7 Å². The molecule has 0 aromatic heterocycles. The van der Waals surface area contributed by atoms with Gasteiger partial charge in [0, 0.05) is 6.04 Å². The number of para-hydroxylation sites is 1. The second-order valence-electron chi connectivity index (χ2n) is 6.60. The van der Waals surface area contributed by atoms with E-state index >= 15 is 0 Å². The number of methoxy groups -OCH3 is 1. The molecule has 1 aliphatic rings. The van der Waals surface area contributed by atoms with Crippen molar-refractivity contribution < 1.29 is 4.74 Å². The normalized spacial score (nSPS) is 23.8. The highest BCUT2D eigenvalue weighted by atomic mass is 16.5. The van der Waals surface area contributed by atoms with E-state index in [1.807, 2.05) is 12.1 Å². The second-order valence-corrected chi connectivity index (χ2v) is 6.60. The van der Waals surface area contributed by atoms with E-state index in [2.05, 4.69) is 19.1 Å². The van der Waals surface area contributed by atoms with Crippen LogP contribution in [0.4, 0.5) is 0 Å². The minimum absolute atomic E-state index is 0.272. The predicted molar refractivity (Wildman–Crippen MR) is 89.6 cm³/mol. The van der Waals surface area contributed by atoms with Crippen LogP contribution in [-0.4, -0.2) is 13.2 Å². The lowest BCUT2D eigenvalue weighted by Gasteiger charge is -2.32. The Morgan fingerprint density at radius 2 is 1.90 bits per heavy atom. The van der Waals surface area contributed by atoms with E-state index < -0.39 is 0 Å². The fourth-order valence-electron chi connectivity index (χ4n) is 3.69. The SMILES string of the molecule is CCCCC1CCC(C(N)Cc2ccccc2OC)CC1. The summed E-state index contributed by atoms with van der Waals surface area (Å²) in [5.74, 6) is 2.62. The summed E-state index contributed by atoms with van der Waals surface area (Å²) in [6.07, 6.45) is 10.5. The highest BCUT2D eigenvalue weighted by Crippen LogP contribution is 2.34. The molecule has 1 atom stereocenters. The fourth-order valence-corrected chi connectivity index (χ4v) is 3.69. The zero-order valence-electron chi connectivity index (χ0n) is 13.7. The van der Waals surface area contributed by atoms with Crippen molar-refractivity contribution in [3.63, 3.8) is 0 Å². The summed E-state index contributed by atoms with van der Waals surface area (Å²) in [7, 11) is 1.74. The Bertz CT molecular complexity index is 410. The van der Waals surface area contributed by atoms with Gasteiger partial charge in [-0.15, -0.1) is 0 Å². The number of unbranched alkanes of at least 4 members (excludes halogenated alkanes) is 1. The molecule has 2 N–H and O–H groups in total. The van der Waals surface area contributed by atoms with E-state index in [-0.39, 0.29) is 6.04 Å². The predicted octanol–water partition coefficient (Wildman–Crippen LogP) is 4.56. The molecule has 0 radical (unpaired) electrons. The minimum atomic E-state index is 0.272. The van der Waals surface area contributed by atoms with Crippen LogP contribution >= 0.6 is 0 Å². The molecule has 118 valence electrons.